The number of nitrogens with one attached hydrogen (secondary N) is 1. The van der Waals surface area contributed by atoms with Gasteiger partial charge in [-0.05, 0) is 41.5 Å². The van der Waals surface area contributed by atoms with Crippen molar-refractivity contribution in [2.45, 2.75) is 24.7 Å². The Hall–Kier alpha value is -3.45. The number of rotatable bonds is 8. The van der Waals surface area contributed by atoms with Crippen LogP contribution < -0.4 is 5.32 Å². The van der Waals surface area contributed by atoms with Gasteiger partial charge in [0, 0.05) is 6.54 Å². The lowest BCUT2D eigenvalue weighted by atomic mass is 10.0. The molecule has 1 N–H and O–H groups in total. The number of amides is 1. The van der Waals surface area contributed by atoms with Gasteiger partial charge < -0.3 is 5.32 Å². The quantitative estimate of drug-likeness (QED) is 0.291. The van der Waals surface area contributed by atoms with Crippen LogP contribution in [0.1, 0.15) is 18.5 Å². The van der Waals surface area contributed by atoms with Gasteiger partial charge in [0.05, 0.1) is 17.4 Å². The summed E-state index contributed by atoms with van der Waals surface area (Å²) in [5, 5.41) is 14.2. The van der Waals surface area contributed by atoms with E-state index in [2.05, 4.69) is 46.4 Å². The molecule has 1 atom stereocenters. The topological polar surface area (TPSA) is 59.8 Å². The molecule has 0 spiro atoms. The zero-order chi connectivity index (χ0) is 22.5. The third-order valence-electron chi connectivity index (χ3n) is 5.13. The number of fused-ring (bicyclic) bond motifs is 1. The Morgan fingerprint density at radius 3 is 2.66 bits per heavy atom. The van der Waals surface area contributed by atoms with E-state index in [-0.39, 0.29) is 23.5 Å². The molecule has 7 heteroatoms. The van der Waals surface area contributed by atoms with Crippen LogP contribution in [0.15, 0.2) is 84.5 Å². The molecule has 0 saturated heterocycles. The highest BCUT2D eigenvalue weighted by Gasteiger charge is 2.18. The molecule has 0 aliphatic rings. The van der Waals surface area contributed by atoms with E-state index in [0.717, 1.165) is 16.3 Å². The smallest absolute Gasteiger partial charge is 0.230 e. The first kappa shape index (κ1) is 21.8. The lowest BCUT2D eigenvalue weighted by molar-refractivity contribution is -0.119. The maximum atomic E-state index is 14.2. The van der Waals surface area contributed by atoms with Crippen molar-refractivity contribution in [3.63, 3.8) is 0 Å². The summed E-state index contributed by atoms with van der Waals surface area (Å²) in [5.41, 5.74) is 1.40. The van der Waals surface area contributed by atoms with E-state index in [1.807, 2.05) is 25.1 Å². The van der Waals surface area contributed by atoms with Crippen molar-refractivity contribution >= 4 is 28.4 Å². The van der Waals surface area contributed by atoms with E-state index in [1.165, 1.54) is 17.8 Å². The first-order valence-electron chi connectivity index (χ1n) is 10.3. The average Bonchev–Trinajstić information content (AvgIpc) is 3.20. The first-order valence-corrected chi connectivity index (χ1v) is 11.2. The average molecular weight is 447 g/mol. The Kier molecular flexibility index (Phi) is 6.66. The summed E-state index contributed by atoms with van der Waals surface area (Å²) >= 11 is 1.26. The number of allylic oxidation sites excluding steroid dienone is 1. The number of hydrogen-bond donors (Lipinski definition) is 1. The van der Waals surface area contributed by atoms with Crippen molar-refractivity contribution in [3.8, 4) is 11.4 Å². The molecule has 0 aliphatic carbocycles. The van der Waals surface area contributed by atoms with Crippen molar-refractivity contribution < 1.29 is 9.18 Å². The summed E-state index contributed by atoms with van der Waals surface area (Å²) in [5.74, 6) is 0.0974. The molecule has 0 fully saturated rings. The van der Waals surface area contributed by atoms with Crippen LogP contribution >= 0.6 is 11.8 Å². The second-order valence-corrected chi connectivity index (χ2v) is 8.31. The van der Waals surface area contributed by atoms with E-state index >= 15 is 0 Å². The van der Waals surface area contributed by atoms with Gasteiger partial charge in [-0.2, -0.15) is 0 Å². The number of aromatic nitrogens is 3. The summed E-state index contributed by atoms with van der Waals surface area (Å²) in [7, 11) is 0. The first-order chi connectivity index (χ1) is 15.6. The van der Waals surface area contributed by atoms with Crippen molar-refractivity contribution in [1.29, 1.82) is 0 Å². The molecule has 162 valence electrons. The van der Waals surface area contributed by atoms with Crippen LogP contribution in [0.25, 0.3) is 22.2 Å². The fourth-order valence-corrected chi connectivity index (χ4v) is 4.26. The van der Waals surface area contributed by atoms with Gasteiger partial charge >= 0.3 is 0 Å². The van der Waals surface area contributed by atoms with E-state index < -0.39 is 0 Å². The maximum Gasteiger partial charge on any atom is 0.230 e. The fraction of sp³-hybridized carbons (Fsp3) is 0.160. The van der Waals surface area contributed by atoms with Gasteiger partial charge in [0.1, 0.15) is 5.82 Å². The van der Waals surface area contributed by atoms with Gasteiger partial charge in [-0.3, -0.25) is 9.36 Å². The summed E-state index contributed by atoms with van der Waals surface area (Å²) < 4.78 is 16.0. The zero-order valence-corrected chi connectivity index (χ0v) is 18.5. The van der Waals surface area contributed by atoms with Crippen LogP contribution in [0.3, 0.4) is 0 Å². The summed E-state index contributed by atoms with van der Waals surface area (Å²) in [4.78, 5) is 12.6. The standard InChI is InChI=1S/C25H23FN4OS/c1-3-14-30-24(21-10-6-7-11-22(21)26)28-29-25(30)32-16-23(31)27-17(2)19-13-12-18-8-4-5-9-20(18)15-19/h3-13,15,17H,1,14,16H2,2H3,(H,27,31). The molecule has 1 unspecified atom stereocenters. The van der Waals surface area contributed by atoms with Crippen LogP contribution in [0.4, 0.5) is 4.39 Å². The molecule has 5 nitrogen and oxygen atoms in total. The van der Waals surface area contributed by atoms with Crippen molar-refractivity contribution in [1.82, 2.24) is 20.1 Å². The molecule has 0 radical (unpaired) electrons. The SMILES string of the molecule is C=CCn1c(SCC(=O)NC(C)c2ccc3ccccc3c2)nnc1-c1ccccc1F. The molecular formula is C25H23FN4OS. The summed E-state index contributed by atoms with van der Waals surface area (Å²) in [6.45, 7) is 6.14. The number of carbonyl (C=O) groups excluding carboxylic acids is 1. The van der Waals surface area contributed by atoms with Crippen LogP contribution in [0.5, 0.6) is 0 Å². The second-order valence-electron chi connectivity index (χ2n) is 7.37. The molecule has 32 heavy (non-hydrogen) atoms. The minimum absolute atomic E-state index is 0.115. The minimum Gasteiger partial charge on any atom is -0.349 e. The molecule has 4 aromatic rings. The molecule has 1 heterocycles. The molecule has 3 aromatic carbocycles. The normalized spacial score (nSPS) is 11.9. The Morgan fingerprint density at radius 1 is 1.12 bits per heavy atom. The van der Waals surface area contributed by atoms with E-state index in [9.17, 15) is 9.18 Å². The lowest BCUT2D eigenvalue weighted by Crippen LogP contribution is -2.28. The second kappa shape index (κ2) is 9.78. The largest absolute Gasteiger partial charge is 0.349 e. The van der Waals surface area contributed by atoms with Gasteiger partial charge in [-0.25, -0.2) is 4.39 Å². The van der Waals surface area contributed by atoms with Crippen molar-refractivity contribution in [2.24, 2.45) is 0 Å². The molecule has 1 aromatic heterocycles. The monoisotopic (exact) mass is 446 g/mol. The molecule has 1 amide bonds. The summed E-state index contributed by atoms with van der Waals surface area (Å²) in [6.07, 6.45) is 1.69. The Labute approximate surface area is 190 Å². The van der Waals surface area contributed by atoms with Gasteiger partial charge in [-0.1, -0.05) is 66.4 Å². The van der Waals surface area contributed by atoms with Gasteiger partial charge in [0.2, 0.25) is 5.91 Å². The molecule has 0 bridgehead atoms. The number of benzene rings is 3. The van der Waals surface area contributed by atoms with Crippen LogP contribution in [0.2, 0.25) is 0 Å². The highest BCUT2D eigenvalue weighted by molar-refractivity contribution is 7.99. The lowest BCUT2D eigenvalue weighted by Gasteiger charge is -2.15. The summed E-state index contributed by atoms with van der Waals surface area (Å²) in [6, 6.07) is 20.6. The van der Waals surface area contributed by atoms with Crippen LogP contribution in [0, 0.1) is 5.82 Å². The predicted molar refractivity (Wildman–Crippen MR) is 127 cm³/mol. The van der Waals surface area contributed by atoms with E-state index in [1.54, 1.807) is 28.8 Å². The number of thioether (sulfide) groups is 1. The van der Waals surface area contributed by atoms with Crippen molar-refractivity contribution in [2.75, 3.05) is 5.75 Å². The number of hydrogen-bond acceptors (Lipinski definition) is 4. The van der Waals surface area contributed by atoms with Gasteiger partial charge in [0.15, 0.2) is 11.0 Å². The van der Waals surface area contributed by atoms with E-state index in [0.29, 0.717) is 23.1 Å². The third kappa shape index (κ3) is 4.73. The van der Waals surface area contributed by atoms with Crippen LogP contribution in [-0.2, 0) is 11.3 Å². The molecule has 0 aliphatic heterocycles. The Balaban J connectivity index is 1.44. The maximum absolute atomic E-state index is 14.2. The number of nitrogens with zero attached hydrogens (tertiary/aromatic N) is 3. The predicted octanol–water partition coefficient (Wildman–Crippen LogP) is 5.39. The highest BCUT2D eigenvalue weighted by atomic mass is 32.2. The number of halogens is 1. The van der Waals surface area contributed by atoms with Crippen LogP contribution in [-0.4, -0.2) is 26.4 Å². The molecule has 0 saturated carbocycles. The number of carbonyl (C=O) groups is 1. The fourth-order valence-electron chi connectivity index (χ4n) is 3.50. The minimum atomic E-state index is -0.372. The zero-order valence-electron chi connectivity index (χ0n) is 17.7. The Morgan fingerprint density at radius 2 is 1.88 bits per heavy atom. The van der Waals surface area contributed by atoms with Gasteiger partial charge in [-0.15, -0.1) is 16.8 Å². The highest BCUT2D eigenvalue weighted by Crippen LogP contribution is 2.26. The Bertz CT molecular complexity index is 1270. The van der Waals surface area contributed by atoms with Gasteiger partial charge in [0.25, 0.3) is 0 Å². The van der Waals surface area contributed by atoms with E-state index in [4.69, 9.17) is 0 Å². The molecule has 4 rings (SSSR count). The molecular weight excluding hydrogens is 423 g/mol. The van der Waals surface area contributed by atoms with Crippen molar-refractivity contribution in [3.05, 3.63) is 90.8 Å². The third-order valence-corrected chi connectivity index (χ3v) is 6.09.